The number of hydrogen-bond acceptors (Lipinski definition) is 5. The summed E-state index contributed by atoms with van der Waals surface area (Å²) in [5.74, 6) is 0. The van der Waals surface area contributed by atoms with E-state index in [4.69, 9.17) is 0 Å². The third-order valence-corrected chi connectivity index (χ3v) is 7.01. The Morgan fingerprint density at radius 2 is 1.83 bits per heavy atom. The first kappa shape index (κ1) is 14.2. The molecule has 0 amide bonds. The van der Waals surface area contributed by atoms with Crippen molar-refractivity contribution >= 4 is 9.84 Å². The summed E-state index contributed by atoms with van der Waals surface area (Å²) in [5, 5.41) is 3.31. The van der Waals surface area contributed by atoms with E-state index in [1.54, 1.807) is 0 Å². The highest BCUT2D eigenvalue weighted by atomic mass is 32.2. The van der Waals surface area contributed by atoms with Gasteiger partial charge in [0.15, 0.2) is 9.84 Å². The molecule has 0 saturated heterocycles. The van der Waals surface area contributed by atoms with Gasteiger partial charge in [0.2, 0.25) is 0 Å². The fraction of sp³-hybridized carbons (Fsp3) is 1.00. The van der Waals surface area contributed by atoms with Crippen molar-refractivity contribution in [2.75, 3.05) is 26.7 Å². The van der Waals surface area contributed by atoms with Gasteiger partial charge in [-0.15, -0.1) is 0 Å². The van der Waals surface area contributed by atoms with E-state index in [0.29, 0.717) is 6.54 Å². The number of nitrogens with one attached hydrogen (secondary N) is 3. The van der Waals surface area contributed by atoms with Crippen LogP contribution in [0.5, 0.6) is 0 Å². The normalized spacial score (nSPS) is 22.1. The van der Waals surface area contributed by atoms with Gasteiger partial charge in [-0.05, 0) is 52.1 Å². The summed E-state index contributed by atoms with van der Waals surface area (Å²) in [6.07, 6.45) is 5.67. The smallest absolute Gasteiger partial charge is 0.160 e. The summed E-state index contributed by atoms with van der Waals surface area (Å²) in [6, 6.07) is 0. The Balaban J connectivity index is 1.62. The van der Waals surface area contributed by atoms with Gasteiger partial charge >= 0.3 is 0 Å². The molecule has 0 atom stereocenters. The zero-order valence-corrected chi connectivity index (χ0v) is 12.0. The minimum Gasteiger partial charge on any atom is -0.315 e. The molecule has 2 fully saturated rings. The average Bonchev–Trinajstić information content (AvgIpc) is 3.19. The molecular formula is C12H25N3O2S. The van der Waals surface area contributed by atoms with Gasteiger partial charge < -0.3 is 5.32 Å². The molecule has 0 aromatic rings. The van der Waals surface area contributed by atoms with Crippen LogP contribution in [0.3, 0.4) is 0 Å². The Kier molecular flexibility index (Phi) is 4.64. The summed E-state index contributed by atoms with van der Waals surface area (Å²) in [4.78, 5) is 0. The second-order valence-corrected chi connectivity index (χ2v) is 8.11. The summed E-state index contributed by atoms with van der Waals surface area (Å²) in [6.45, 7) is 2.52. The van der Waals surface area contributed by atoms with Gasteiger partial charge in [-0.2, -0.15) is 0 Å². The minimum atomic E-state index is -2.84. The SMILES string of the molecule is CNNCCCCNCC1(S(=O)(=O)C2CC2)CC1. The van der Waals surface area contributed by atoms with Gasteiger partial charge in [-0.3, -0.25) is 10.9 Å². The molecule has 6 heteroatoms. The molecule has 0 aliphatic heterocycles. The highest BCUT2D eigenvalue weighted by Crippen LogP contribution is 2.49. The van der Waals surface area contributed by atoms with E-state index in [-0.39, 0.29) is 5.25 Å². The van der Waals surface area contributed by atoms with E-state index >= 15 is 0 Å². The Morgan fingerprint density at radius 3 is 2.39 bits per heavy atom. The summed E-state index contributed by atoms with van der Waals surface area (Å²) in [5.41, 5.74) is 5.92. The molecule has 0 heterocycles. The van der Waals surface area contributed by atoms with E-state index in [0.717, 1.165) is 51.6 Å². The Bertz CT molecular complexity index is 362. The number of hydrogen-bond donors (Lipinski definition) is 3. The first-order valence-electron chi connectivity index (χ1n) is 6.96. The van der Waals surface area contributed by atoms with E-state index in [1.165, 1.54) is 0 Å². The average molecular weight is 275 g/mol. The number of unbranched alkanes of at least 4 members (excludes halogenated alkanes) is 1. The number of rotatable bonds is 10. The Morgan fingerprint density at radius 1 is 1.17 bits per heavy atom. The van der Waals surface area contributed by atoms with E-state index < -0.39 is 14.6 Å². The lowest BCUT2D eigenvalue weighted by atomic mass is 10.3. The lowest BCUT2D eigenvalue weighted by Crippen LogP contribution is -2.38. The standard InChI is InChI=1S/C12H25N3O2S/c1-13-15-9-3-2-8-14-10-12(6-7-12)18(16,17)11-4-5-11/h11,13-15H,2-10H2,1H3. The maximum Gasteiger partial charge on any atom is 0.160 e. The van der Waals surface area contributed by atoms with Crippen molar-refractivity contribution in [1.29, 1.82) is 0 Å². The van der Waals surface area contributed by atoms with Crippen LogP contribution in [0.4, 0.5) is 0 Å². The zero-order chi connectivity index (χ0) is 13.1. The summed E-state index contributed by atoms with van der Waals surface area (Å²) >= 11 is 0. The third kappa shape index (κ3) is 3.23. The fourth-order valence-electron chi connectivity index (χ4n) is 2.34. The Labute approximate surface area is 110 Å². The van der Waals surface area contributed by atoms with E-state index in [9.17, 15) is 8.42 Å². The molecular weight excluding hydrogens is 250 g/mol. The quantitative estimate of drug-likeness (QED) is 0.392. The van der Waals surface area contributed by atoms with Gasteiger partial charge in [0, 0.05) is 13.1 Å². The molecule has 2 aliphatic rings. The first-order valence-corrected chi connectivity index (χ1v) is 8.51. The molecule has 0 aromatic heterocycles. The maximum absolute atomic E-state index is 12.2. The molecule has 0 unspecified atom stereocenters. The molecule has 0 aromatic carbocycles. The molecule has 0 radical (unpaired) electrons. The molecule has 0 spiro atoms. The van der Waals surface area contributed by atoms with Gasteiger partial charge in [-0.1, -0.05) is 0 Å². The van der Waals surface area contributed by atoms with Crippen molar-refractivity contribution < 1.29 is 8.42 Å². The third-order valence-electron chi connectivity index (χ3n) is 3.90. The molecule has 5 nitrogen and oxygen atoms in total. The van der Waals surface area contributed by atoms with Gasteiger partial charge in [0.05, 0.1) is 10.00 Å². The second-order valence-electron chi connectivity index (χ2n) is 5.49. The lowest BCUT2D eigenvalue weighted by Gasteiger charge is -2.16. The van der Waals surface area contributed by atoms with E-state index in [1.807, 2.05) is 7.05 Å². The van der Waals surface area contributed by atoms with Crippen LogP contribution in [-0.4, -0.2) is 45.1 Å². The van der Waals surface area contributed by atoms with Gasteiger partial charge in [0.1, 0.15) is 0 Å². The molecule has 2 aliphatic carbocycles. The predicted molar refractivity (Wildman–Crippen MR) is 73.1 cm³/mol. The summed E-state index contributed by atoms with van der Waals surface area (Å²) < 4.78 is 24.1. The minimum absolute atomic E-state index is 0.0124. The largest absolute Gasteiger partial charge is 0.315 e. The van der Waals surface area contributed by atoms with Crippen LogP contribution in [0.15, 0.2) is 0 Å². The maximum atomic E-state index is 12.2. The highest BCUT2D eigenvalue weighted by molar-refractivity contribution is 7.94. The molecule has 106 valence electrons. The van der Waals surface area contributed by atoms with E-state index in [2.05, 4.69) is 16.2 Å². The molecule has 3 N–H and O–H groups in total. The van der Waals surface area contributed by atoms with Crippen molar-refractivity contribution in [2.24, 2.45) is 0 Å². The topological polar surface area (TPSA) is 70.2 Å². The first-order chi connectivity index (χ1) is 8.62. The Hall–Kier alpha value is -0.170. The number of hydrazine groups is 1. The monoisotopic (exact) mass is 275 g/mol. The summed E-state index contributed by atoms with van der Waals surface area (Å²) in [7, 11) is -0.981. The molecule has 0 bridgehead atoms. The van der Waals surface area contributed by atoms with Crippen LogP contribution in [0.1, 0.15) is 38.5 Å². The number of sulfone groups is 1. The van der Waals surface area contributed by atoms with Crippen LogP contribution in [0.25, 0.3) is 0 Å². The van der Waals surface area contributed by atoms with Gasteiger partial charge in [0.25, 0.3) is 0 Å². The lowest BCUT2D eigenvalue weighted by molar-refractivity contribution is 0.530. The van der Waals surface area contributed by atoms with Crippen LogP contribution < -0.4 is 16.2 Å². The second kappa shape index (κ2) is 5.86. The van der Waals surface area contributed by atoms with Crippen molar-refractivity contribution in [2.45, 2.75) is 48.5 Å². The van der Waals surface area contributed by atoms with Crippen molar-refractivity contribution in [3.05, 3.63) is 0 Å². The van der Waals surface area contributed by atoms with Crippen LogP contribution in [-0.2, 0) is 9.84 Å². The van der Waals surface area contributed by atoms with Crippen molar-refractivity contribution in [3.63, 3.8) is 0 Å². The predicted octanol–water partition coefficient (Wildman–Crippen LogP) is 0.190. The van der Waals surface area contributed by atoms with Crippen LogP contribution in [0, 0.1) is 0 Å². The highest BCUT2D eigenvalue weighted by Gasteiger charge is 2.58. The molecule has 2 saturated carbocycles. The van der Waals surface area contributed by atoms with Crippen molar-refractivity contribution in [1.82, 2.24) is 16.2 Å². The van der Waals surface area contributed by atoms with Gasteiger partial charge in [-0.25, -0.2) is 8.42 Å². The molecule has 18 heavy (non-hydrogen) atoms. The van der Waals surface area contributed by atoms with Crippen LogP contribution in [0.2, 0.25) is 0 Å². The van der Waals surface area contributed by atoms with Crippen molar-refractivity contribution in [3.8, 4) is 0 Å². The molecule has 2 rings (SSSR count). The fourth-order valence-corrected chi connectivity index (χ4v) is 4.78. The van der Waals surface area contributed by atoms with Crippen LogP contribution >= 0.6 is 0 Å². The zero-order valence-electron chi connectivity index (χ0n) is 11.2.